The lowest BCUT2D eigenvalue weighted by molar-refractivity contribution is 0.100. The average molecular weight is 286 g/mol. The molecule has 0 atom stereocenters. The van der Waals surface area contributed by atoms with Gasteiger partial charge in [0.2, 0.25) is 0 Å². The molecule has 108 valence electrons. The Kier molecular flexibility index (Phi) is 3.43. The molecular formula is C15H15FN4O. The van der Waals surface area contributed by atoms with Crippen molar-refractivity contribution in [2.75, 3.05) is 0 Å². The van der Waals surface area contributed by atoms with Gasteiger partial charge in [-0.15, -0.1) is 0 Å². The van der Waals surface area contributed by atoms with Gasteiger partial charge in [-0.25, -0.2) is 4.39 Å². The summed E-state index contributed by atoms with van der Waals surface area (Å²) in [5.74, 6) is -1.15. The number of fused-ring (bicyclic) bond motifs is 1. The van der Waals surface area contributed by atoms with Crippen LogP contribution in [-0.2, 0) is 13.1 Å². The van der Waals surface area contributed by atoms with Gasteiger partial charge in [0.05, 0.1) is 5.56 Å². The van der Waals surface area contributed by atoms with Crippen LogP contribution in [0.1, 0.15) is 16.8 Å². The van der Waals surface area contributed by atoms with Crippen LogP contribution in [0.15, 0.2) is 42.9 Å². The summed E-state index contributed by atoms with van der Waals surface area (Å²) < 4.78 is 17.3. The first-order valence-corrected chi connectivity index (χ1v) is 6.71. The second-order valence-electron chi connectivity index (χ2n) is 4.92. The highest BCUT2D eigenvalue weighted by Crippen LogP contribution is 2.19. The van der Waals surface area contributed by atoms with Crippen molar-refractivity contribution in [1.82, 2.24) is 14.3 Å². The number of halogens is 1. The molecule has 0 saturated heterocycles. The zero-order chi connectivity index (χ0) is 14.8. The molecule has 0 aliphatic carbocycles. The second kappa shape index (κ2) is 5.40. The molecule has 0 fully saturated rings. The van der Waals surface area contributed by atoms with E-state index in [0.717, 1.165) is 19.0 Å². The first-order valence-electron chi connectivity index (χ1n) is 6.71. The lowest BCUT2D eigenvalue weighted by Crippen LogP contribution is -2.12. The molecule has 2 N–H and O–H groups in total. The molecule has 0 saturated carbocycles. The molecule has 0 aliphatic rings. The normalized spacial score (nSPS) is 11.1. The Balaban J connectivity index is 1.80. The molecule has 0 bridgehead atoms. The SMILES string of the molecule is NC(=O)c1cc(F)cc2cn(CCCn3cccc3)nc12. The monoisotopic (exact) mass is 286 g/mol. The Morgan fingerprint density at radius 1 is 1.24 bits per heavy atom. The van der Waals surface area contributed by atoms with Gasteiger partial charge in [0.15, 0.2) is 0 Å². The van der Waals surface area contributed by atoms with Crippen molar-refractivity contribution in [2.24, 2.45) is 5.73 Å². The van der Waals surface area contributed by atoms with E-state index < -0.39 is 11.7 Å². The van der Waals surface area contributed by atoms with Crippen LogP contribution >= 0.6 is 0 Å². The molecular weight excluding hydrogens is 271 g/mol. The molecule has 0 unspecified atom stereocenters. The summed E-state index contributed by atoms with van der Waals surface area (Å²) in [6, 6.07) is 6.44. The van der Waals surface area contributed by atoms with Gasteiger partial charge in [0.1, 0.15) is 11.3 Å². The maximum absolute atomic E-state index is 13.5. The fourth-order valence-corrected chi connectivity index (χ4v) is 2.39. The van der Waals surface area contributed by atoms with Crippen molar-refractivity contribution in [3.05, 3.63) is 54.2 Å². The molecule has 2 aromatic heterocycles. The summed E-state index contributed by atoms with van der Waals surface area (Å²) in [6.07, 6.45) is 6.62. The lowest BCUT2D eigenvalue weighted by Gasteiger charge is -2.03. The Bertz CT molecular complexity index is 776. The Labute approximate surface area is 120 Å². The molecule has 0 spiro atoms. The largest absolute Gasteiger partial charge is 0.366 e. The minimum absolute atomic E-state index is 0.120. The van der Waals surface area contributed by atoms with Crippen LogP contribution in [0.4, 0.5) is 4.39 Å². The Morgan fingerprint density at radius 3 is 2.71 bits per heavy atom. The van der Waals surface area contributed by atoms with Crippen molar-refractivity contribution in [1.29, 1.82) is 0 Å². The van der Waals surface area contributed by atoms with E-state index in [4.69, 9.17) is 5.73 Å². The van der Waals surface area contributed by atoms with E-state index in [2.05, 4.69) is 9.67 Å². The van der Waals surface area contributed by atoms with Gasteiger partial charge < -0.3 is 10.3 Å². The molecule has 6 heteroatoms. The number of hydrogen-bond acceptors (Lipinski definition) is 2. The smallest absolute Gasteiger partial charge is 0.251 e. The Morgan fingerprint density at radius 2 is 2.00 bits per heavy atom. The molecule has 3 rings (SSSR count). The topological polar surface area (TPSA) is 65.8 Å². The van der Waals surface area contributed by atoms with Crippen LogP contribution in [0.5, 0.6) is 0 Å². The van der Waals surface area contributed by atoms with Crippen LogP contribution in [-0.4, -0.2) is 20.3 Å². The van der Waals surface area contributed by atoms with Gasteiger partial charge in [-0.05, 0) is 30.7 Å². The second-order valence-corrected chi connectivity index (χ2v) is 4.92. The number of hydrogen-bond donors (Lipinski definition) is 1. The number of nitrogens with two attached hydrogens (primary N) is 1. The van der Waals surface area contributed by atoms with Crippen molar-refractivity contribution < 1.29 is 9.18 Å². The first kappa shape index (κ1) is 13.4. The van der Waals surface area contributed by atoms with E-state index in [1.807, 2.05) is 24.5 Å². The van der Waals surface area contributed by atoms with Crippen LogP contribution in [0.25, 0.3) is 10.9 Å². The highest BCUT2D eigenvalue weighted by Gasteiger charge is 2.12. The van der Waals surface area contributed by atoms with Crippen molar-refractivity contribution in [2.45, 2.75) is 19.5 Å². The number of rotatable bonds is 5. The minimum Gasteiger partial charge on any atom is -0.366 e. The van der Waals surface area contributed by atoms with Gasteiger partial charge in [-0.3, -0.25) is 9.48 Å². The number of aryl methyl sites for hydroxylation is 2. The lowest BCUT2D eigenvalue weighted by atomic mass is 10.1. The molecule has 21 heavy (non-hydrogen) atoms. The zero-order valence-corrected chi connectivity index (χ0v) is 11.4. The maximum Gasteiger partial charge on any atom is 0.251 e. The predicted molar refractivity (Wildman–Crippen MR) is 77.3 cm³/mol. The third-order valence-electron chi connectivity index (χ3n) is 3.36. The summed E-state index contributed by atoms with van der Waals surface area (Å²) in [6.45, 7) is 1.56. The summed E-state index contributed by atoms with van der Waals surface area (Å²) in [5.41, 5.74) is 5.83. The first-order chi connectivity index (χ1) is 10.1. The number of amides is 1. The highest BCUT2D eigenvalue weighted by atomic mass is 19.1. The van der Waals surface area contributed by atoms with Gasteiger partial charge in [0, 0.05) is 37.1 Å². The molecule has 1 aromatic carbocycles. The molecule has 5 nitrogen and oxygen atoms in total. The Hall–Kier alpha value is -2.63. The zero-order valence-electron chi connectivity index (χ0n) is 11.4. The summed E-state index contributed by atoms with van der Waals surface area (Å²) in [7, 11) is 0. The van der Waals surface area contributed by atoms with E-state index in [1.54, 1.807) is 10.9 Å². The number of carbonyl (C=O) groups is 1. The van der Waals surface area contributed by atoms with Crippen LogP contribution < -0.4 is 5.73 Å². The molecule has 3 aromatic rings. The van der Waals surface area contributed by atoms with Gasteiger partial charge in [-0.2, -0.15) is 5.10 Å². The third-order valence-corrected chi connectivity index (χ3v) is 3.36. The predicted octanol–water partition coefficient (Wildman–Crippen LogP) is 2.17. The quantitative estimate of drug-likeness (QED) is 0.781. The minimum atomic E-state index is -0.669. The number of carbonyl (C=O) groups excluding carboxylic acids is 1. The van der Waals surface area contributed by atoms with Crippen molar-refractivity contribution in [3.8, 4) is 0 Å². The number of aromatic nitrogens is 3. The highest BCUT2D eigenvalue weighted by molar-refractivity contribution is 6.04. The molecule has 1 amide bonds. The van der Waals surface area contributed by atoms with Crippen molar-refractivity contribution >= 4 is 16.8 Å². The van der Waals surface area contributed by atoms with Crippen molar-refractivity contribution in [3.63, 3.8) is 0 Å². The van der Waals surface area contributed by atoms with E-state index in [9.17, 15) is 9.18 Å². The van der Waals surface area contributed by atoms with Gasteiger partial charge >= 0.3 is 0 Å². The van der Waals surface area contributed by atoms with Crippen LogP contribution in [0.3, 0.4) is 0 Å². The van der Waals surface area contributed by atoms with Crippen LogP contribution in [0, 0.1) is 5.82 Å². The van der Waals surface area contributed by atoms with E-state index in [0.29, 0.717) is 17.4 Å². The number of nitrogens with zero attached hydrogens (tertiary/aromatic N) is 3. The fourth-order valence-electron chi connectivity index (χ4n) is 2.39. The number of primary amides is 1. The maximum atomic E-state index is 13.5. The van der Waals surface area contributed by atoms with E-state index >= 15 is 0 Å². The average Bonchev–Trinajstić information content (AvgIpc) is 3.06. The molecule has 0 radical (unpaired) electrons. The van der Waals surface area contributed by atoms with E-state index in [-0.39, 0.29) is 5.56 Å². The third kappa shape index (κ3) is 2.79. The van der Waals surface area contributed by atoms with Gasteiger partial charge in [0.25, 0.3) is 5.91 Å². The van der Waals surface area contributed by atoms with Gasteiger partial charge in [-0.1, -0.05) is 0 Å². The summed E-state index contributed by atoms with van der Waals surface area (Å²) >= 11 is 0. The molecule has 2 heterocycles. The van der Waals surface area contributed by atoms with E-state index in [1.165, 1.54) is 6.07 Å². The molecule has 0 aliphatic heterocycles. The van der Waals surface area contributed by atoms with Crippen LogP contribution in [0.2, 0.25) is 0 Å². The summed E-state index contributed by atoms with van der Waals surface area (Å²) in [5, 5.41) is 4.92. The standard InChI is InChI=1S/C15H15FN4O/c16-12-8-11-10-20(7-3-6-19-4-1-2-5-19)18-14(11)13(9-12)15(17)21/h1-2,4-5,8-10H,3,6-7H2,(H2,17,21). The fraction of sp³-hybridized carbons (Fsp3) is 0.200. The number of benzene rings is 1. The summed E-state index contributed by atoms with van der Waals surface area (Å²) in [4.78, 5) is 11.3.